The second-order valence-electron chi connectivity index (χ2n) is 8.13. The summed E-state index contributed by atoms with van der Waals surface area (Å²) in [6.45, 7) is 4.53. The van der Waals surface area contributed by atoms with Crippen LogP contribution in [-0.2, 0) is 7.05 Å². The number of rotatable bonds is 4. The van der Waals surface area contributed by atoms with Crippen LogP contribution < -0.4 is 15.8 Å². The molecule has 1 amide bonds. The van der Waals surface area contributed by atoms with Gasteiger partial charge < -0.3 is 15.1 Å². The monoisotopic (exact) mass is 411 g/mol. The fourth-order valence-corrected chi connectivity index (χ4v) is 4.12. The highest BCUT2D eigenvalue weighted by Gasteiger charge is 2.25. The Morgan fingerprint density at radius 1 is 1.07 bits per heavy atom. The largest absolute Gasteiger partial charge is 0.353 e. The Balaban J connectivity index is 1.40. The number of hydrogen-bond donors (Lipinski definition) is 1. The van der Waals surface area contributed by atoms with E-state index < -0.39 is 0 Å². The van der Waals surface area contributed by atoms with Gasteiger partial charge in [0, 0.05) is 57.1 Å². The number of carbonyl (C=O) groups is 1. The number of piperazine rings is 1. The highest BCUT2D eigenvalue weighted by atomic mass is 16.2. The molecular weight excluding hydrogens is 382 g/mol. The summed E-state index contributed by atoms with van der Waals surface area (Å²) in [7, 11) is 1.55. The van der Waals surface area contributed by atoms with Crippen molar-refractivity contribution < 1.29 is 4.79 Å². The lowest BCUT2D eigenvalue weighted by Gasteiger charge is -2.35. The van der Waals surface area contributed by atoms with Gasteiger partial charge in [0.05, 0.1) is 0 Å². The Hall–Kier alpha value is -2.97. The summed E-state index contributed by atoms with van der Waals surface area (Å²) in [6.07, 6.45) is 6.18. The molecule has 160 valence electrons. The third-order valence-electron chi connectivity index (χ3n) is 5.85. The molecule has 0 aromatic carbocycles. The van der Waals surface area contributed by atoms with Crippen molar-refractivity contribution in [3.8, 4) is 0 Å². The fourth-order valence-electron chi connectivity index (χ4n) is 4.12. The standard InChI is InChI=1S/C21H29N7O2/c1-15-14-18(24-21(22-15)23-16-6-4-3-5-7-16)27-10-12-28(13-11-27)20(30)17-8-9-19(29)26(2)25-17/h8-9,14,16H,3-7,10-13H2,1-2H3,(H,22,23,24). The van der Waals surface area contributed by atoms with Crippen LogP contribution in [0, 0.1) is 6.92 Å². The molecule has 0 bridgehead atoms. The number of amides is 1. The van der Waals surface area contributed by atoms with E-state index in [9.17, 15) is 9.59 Å². The van der Waals surface area contributed by atoms with Gasteiger partial charge in [0.25, 0.3) is 11.5 Å². The van der Waals surface area contributed by atoms with Crippen molar-refractivity contribution in [3.05, 3.63) is 39.9 Å². The first-order chi connectivity index (χ1) is 14.5. The third kappa shape index (κ3) is 4.60. The van der Waals surface area contributed by atoms with Crippen LogP contribution in [0.2, 0.25) is 0 Å². The Labute approximate surface area is 176 Å². The summed E-state index contributed by atoms with van der Waals surface area (Å²) in [4.78, 5) is 37.5. The summed E-state index contributed by atoms with van der Waals surface area (Å²) in [6, 6.07) is 5.32. The van der Waals surface area contributed by atoms with Crippen LogP contribution >= 0.6 is 0 Å². The predicted molar refractivity (Wildman–Crippen MR) is 115 cm³/mol. The average Bonchev–Trinajstić information content (AvgIpc) is 2.75. The predicted octanol–water partition coefficient (Wildman–Crippen LogP) is 1.59. The van der Waals surface area contributed by atoms with Crippen LogP contribution in [0.3, 0.4) is 0 Å². The third-order valence-corrected chi connectivity index (χ3v) is 5.85. The molecule has 1 saturated heterocycles. The molecule has 1 saturated carbocycles. The van der Waals surface area contributed by atoms with E-state index in [1.807, 2.05) is 13.0 Å². The van der Waals surface area contributed by atoms with Crippen molar-refractivity contribution in [2.24, 2.45) is 7.05 Å². The number of nitrogens with one attached hydrogen (secondary N) is 1. The molecule has 2 aromatic heterocycles. The number of carbonyl (C=O) groups excluding carboxylic acids is 1. The summed E-state index contributed by atoms with van der Waals surface area (Å²) < 4.78 is 1.19. The Morgan fingerprint density at radius 2 is 1.80 bits per heavy atom. The minimum atomic E-state index is -0.229. The van der Waals surface area contributed by atoms with E-state index in [1.54, 1.807) is 11.9 Å². The first-order valence-corrected chi connectivity index (χ1v) is 10.7. The highest BCUT2D eigenvalue weighted by Crippen LogP contribution is 2.22. The molecule has 0 unspecified atom stereocenters. The second-order valence-corrected chi connectivity index (χ2v) is 8.13. The number of hydrogen-bond acceptors (Lipinski definition) is 7. The highest BCUT2D eigenvalue weighted by molar-refractivity contribution is 5.92. The fraction of sp³-hybridized carbons (Fsp3) is 0.571. The van der Waals surface area contributed by atoms with Crippen LogP contribution in [0.5, 0.6) is 0 Å². The topological polar surface area (TPSA) is 96.3 Å². The molecule has 0 atom stereocenters. The van der Waals surface area contributed by atoms with Gasteiger partial charge >= 0.3 is 0 Å². The Kier molecular flexibility index (Phi) is 5.96. The van der Waals surface area contributed by atoms with Gasteiger partial charge in [-0.2, -0.15) is 10.1 Å². The maximum Gasteiger partial charge on any atom is 0.274 e. The van der Waals surface area contributed by atoms with Crippen LogP contribution in [0.1, 0.15) is 48.3 Å². The zero-order chi connectivity index (χ0) is 21.1. The molecule has 1 aliphatic heterocycles. The van der Waals surface area contributed by atoms with Gasteiger partial charge in [-0.15, -0.1) is 0 Å². The molecular formula is C21H29N7O2. The molecule has 0 spiro atoms. The number of aromatic nitrogens is 4. The van der Waals surface area contributed by atoms with E-state index in [4.69, 9.17) is 4.98 Å². The molecule has 1 aliphatic carbocycles. The van der Waals surface area contributed by atoms with Crippen LogP contribution in [0.4, 0.5) is 11.8 Å². The minimum Gasteiger partial charge on any atom is -0.353 e. The lowest BCUT2D eigenvalue weighted by molar-refractivity contribution is 0.0738. The molecule has 2 aromatic rings. The van der Waals surface area contributed by atoms with E-state index in [1.165, 1.54) is 48.9 Å². The summed E-state index contributed by atoms with van der Waals surface area (Å²) in [5, 5.41) is 7.58. The van der Waals surface area contributed by atoms with Crippen LogP contribution in [-0.4, -0.2) is 62.8 Å². The average molecular weight is 412 g/mol. The summed E-state index contributed by atoms with van der Waals surface area (Å²) >= 11 is 0. The molecule has 4 rings (SSSR count). The Bertz CT molecular complexity index is 960. The van der Waals surface area contributed by atoms with E-state index >= 15 is 0 Å². The molecule has 9 nitrogen and oxygen atoms in total. The molecule has 2 aliphatic rings. The smallest absolute Gasteiger partial charge is 0.274 e. The van der Waals surface area contributed by atoms with E-state index in [0.717, 1.165) is 11.5 Å². The van der Waals surface area contributed by atoms with Crippen molar-refractivity contribution in [1.82, 2.24) is 24.6 Å². The lowest BCUT2D eigenvalue weighted by atomic mass is 9.96. The quantitative estimate of drug-likeness (QED) is 0.816. The number of aryl methyl sites for hydroxylation is 2. The van der Waals surface area contributed by atoms with Crippen molar-refractivity contribution >= 4 is 17.7 Å². The van der Waals surface area contributed by atoms with Crippen molar-refractivity contribution in [3.63, 3.8) is 0 Å². The van der Waals surface area contributed by atoms with E-state index in [2.05, 4.69) is 20.3 Å². The van der Waals surface area contributed by atoms with Gasteiger partial charge in [0.15, 0.2) is 0 Å². The summed E-state index contributed by atoms with van der Waals surface area (Å²) in [5.41, 5.74) is 1.00. The zero-order valence-corrected chi connectivity index (χ0v) is 17.7. The molecule has 9 heteroatoms. The van der Waals surface area contributed by atoms with Gasteiger partial charge in [-0.1, -0.05) is 19.3 Å². The van der Waals surface area contributed by atoms with Crippen LogP contribution in [0.25, 0.3) is 0 Å². The molecule has 2 fully saturated rings. The minimum absolute atomic E-state index is 0.149. The normalized spacial score (nSPS) is 17.8. The first-order valence-electron chi connectivity index (χ1n) is 10.7. The molecule has 30 heavy (non-hydrogen) atoms. The van der Waals surface area contributed by atoms with E-state index in [0.29, 0.717) is 43.9 Å². The maximum absolute atomic E-state index is 12.7. The number of nitrogens with zero attached hydrogens (tertiary/aromatic N) is 6. The van der Waals surface area contributed by atoms with E-state index in [-0.39, 0.29) is 11.5 Å². The first kappa shape index (κ1) is 20.3. The van der Waals surface area contributed by atoms with Gasteiger partial charge in [-0.05, 0) is 25.8 Å². The SMILES string of the molecule is Cc1cc(N2CCN(C(=O)c3ccc(=O)n(C)n3)CC2)nc(NC2CCCCC2)n1. The van der Waals surface area contributed by atoms with Gasteiger partial charge in [-0.25, -0.2) is 9.67 Å². The molecule has 0 radical (unpaired) electrons. The van der Waals surface area contributed by atoms with Crippen molar-refractivity contribution in [2.75, 3.05) is 36.4 Å². The molecule has 3 heterocycles. The van der Waals surface area contributed by atoms with Gasteiger partial charge in [0.2, 0.25) is 5.95 Å². The lowest BCUT2D eigenvalue weighted by Crippen LogP contribution is -2.49. The van der Waals surface area contributed by atoms with Crippen molar-refractivity contribution in [2.45, 2.75) is 45.1 Å². The summed E-state index contributed by atoms with van der Waals surface area (Å²) in [5.74, 6) is 1.45. The van der Waals surface area contributed by atoms with Crippen LogP contribution in [0.15, 0.2) is 23.0 Å². The van der Waals surface area contributed by atoms with Gasteiger partial charge in [-0.3, -0.25) is 9.59 Å². The maximum atomic E-state index is 12.7. The molecule has 1 N–H and O–H groups in total. The number of anilines is 2. The zero-order valence-electron chi connectivity index (χ0n) is 17.7. The Morgan fingerprint density at radius 3 is 2.50 bits per heavy atom. The van der Waals surface area contributed by atoms with Gasteiger partial charge in [0.1, 0.15) is 11.5 Å². The van der Waals surface area contributed by atoms with Crippen molar-refractivity contribution in [1.29, 1.82) is 0 Å². The second kappa shape index (κ2) is 8.81.